The van der Waals surface area contributed by atoms with Crippen molar-refractivity contribution in [2.75, 3.05) is 7.11 Å². The van der Waals surface area contributed by atoms with Crippen LogP contribution in [-0.4, -0.2) is 23.2 Å². The van der Waals surface area contributed by atoms with Gasteiger partial charge in [0.25, 0.3) is 11.1 Å². The van der Waals surface area contributed by atoms with E-state index in [1.54, 1.807) is 25.3 Å². The highest BCUT2D eigenvalue weighted by Gasteiger charge is 2.35. The van der Waals surface area contributed by atoms with Crippen LogP contribution >= 0.6 is 34.4 Å². The Balaban J connectivity index is 1.37. The van der Waals surface area contributed by atoms with E-state index in [4.69, 9.17) is 9.47 Å². The number of fused-ring (bicyclic) bond motifs is 1. The molecule has 6 nitrogen and oxygen atoms in total. The summed E-state index contributed by atoms with van der Waals surface area (Å²) in [5.74, 6) is 0.713. The Kier molecular flexibility index (Phi) is 7.67. The first kappa shape index (κ1) is 25.8. The zero-order valence-corrected chi connectivity index (χ0v) is 23.3. The van der Waals surface area contributed by atoms with Crippen LogP contribution in [0.1, 0.15) is 22.3 Å². The lowest BCUT2D eigenvalue weighted by Crippen LogP contribution is -2.27. The van der Waals surface area contributed by atoms with Crippen molar-refractivity contribution in [3.05, 3.63) is 110 Å². The van der Waals surface area contributed by atoms with Crippen molar-refractivity contribution in [1.82, 2.24) is 4.90 Å². The lowest BCUT2D eigenvalue weighted by Gasteiger charge is -2.15. The summed E-state index contributed by atoms with van der Waals surface area (Å²) >= 11 is 3.08. The van der Waals surface area contributed by atoms with Crippen molar-refractivity contribution in [2.45, 2.75) is 13.2 Å². The fourth-order valence-corrected chi connectivity index (χ4v) is 5.88. The van der Waals surface area contributed by atoms with Crippen LogP contribution in [0.5, 0.6) is 11.5 Å². The van der Waals surface area contributed by atoms with E-state index in [1.165, 1.54) is 4.90 Å². The zero-order valence-electron chi connectivity index (χ0n) is 20.3. The SMILES string of the molecule is COc1cc(/C=C2/SC(=O)N(Cc3cccc4ccccc34)C2=O)cc(I)c1OCc1ccccc1C#N. The Morgan fingerprint density at radius 1 is 1.00 bits per heavy atom. The molecular formula is C30H21IN2O4S. The van der Waals surface area contributed by atoms with E-state index in [1.807, 2.05) is 66.7 Å². The number of imide groups is 1. The molecule has 188 valence electrons. The number of carbonyl (C=O) groups is 2. The van der Waals surface area contributed by atoms with Crippen LogP contribution in [0.25, 0.3) is 16.8 Å². The second-order valence-corrected chi connectivity index (χ2v) is 10.7. The minimum Gasteiger partial charge on any atom is -0.493 e. The third kappa shape index (κ3) is 5.26. The van der Waals surface area contributed by atoms with E-state index in [9.17, 15) is 14.9 Å². The fourth-order valence-electron chi connectivity index (χ4n) is 4.26. The van der Waals surface area contributed by atoms with Gasteiger partial charge in [0.2, 0.25) is 0 Å². The van der Waals surface area contributed by atoms with Crippen LogP contribution in [0.2, 0.25) is 0 Å². The first-order valence-electron chi connectivity index (χ1n) is 11.7. The number of amides is 2. The first-order valence-corrected chi connectivity index (χ1v) is 13.6. The van der Waals surface area contributed by atoms with Crippen molar-refractivity contribution in [3.8, 4) is 17.6 Å². The normalized spacial score (nSPS) is 14.2. The summed E-state index contributed by atoms with van der Waals surface area (Å²) in [6.07, 6.45) is 1.70. The smallest absolute Gasteiger partial charge is 0.293 e. The van der Waals surface area contributed by atoms with Gasteiger partial charge < -0.3 is 9.47 Å². The predicted molar refractivity (Wildman–Crippen MR) is 157 cm³/mol. The number of halogens is 1. The molecule has 5 rings (SSSR count). The van der Waals surface area contributed by atoms with Crippen LogP contribution in [0.15, 0.2) is 83.8 Å². The summed E-state index contributed by atoms with van der Waals surface area (Å²) in [6.45, 7) is 0.420. The molecule has 1 heterocycles. The number of hydrogen-bond donors (Lipinski definition) is 0. The molecule has 0 N–H and O–H groups in total. The average Bonchev–Trinajstić information content (AvgIpc) is 3.19. The predicted octanol–water partition coefficient (Wildman–Crippen LogP) is 7.14. The van der Waals surface area contributed by atoms with Crippen LogP contribution in [0.4, 0.5) is 4.79 Å². The van der Waals surface area contributed by atoms with E-state index in [0.717, 1.165) is 37.2 Å². The van der Waals surface area contributed by atoms with Gasteiger partial charge in [-0.1, -0.05) is 60.7 Å². The maximum Gasteiger partial charge on any atom is 0.293 e. The molecule has 38 heavy (non-hydrogen) atoms. The van der Waals surface area contributed by atoms with Crippen LogP contribution in [0, 0.1) is 14.9 Å². The number of rotatable bonds is 7. The highest BCUT2D eigenvalue weighted by Crippen LogP contribution is 2.38. The molecule has 1 aliphatic heterocycles. The molecule has 0 aromatic heterocycles. The molecule has 4 aromatic carbocycles. The van der Waals surface area contributed by atoms with Crippen molar-refractivity contribution >= 4 is 62.3 Å². The third-order valence-electron chi connectivity index (χ3n) is 6.14. The molecule has 1 fully saturated rings. The van der Waals surface area contributed by atoms with Gasteiger partial charge in [0.05, 0.1) is 33.8 Å². The monoisotopic (exact) mass is 632 g/mol. The summed E-state index contributed by atoms with van der Waals surface area (Å²) in [7, 11) is 1.54. The van der Waals surface area contributed by atoms with Gasteiger partial charge in [-0.05, 0) is 80.5 Å². The summed E-state index contributed by atoms with van der Waals surface area (Å²) in [6, 6.07) is 26.9. The van der Waals surface area contributed by atoms with Gasteiger partial charge >= 0.3 is 0 Å². The molecular weight excluding hydrogens is 611 g/mol. The Labute approximate surface area is 238 Å². The lowest BCUT2D eigenvalue weighted by atomic mass is 10.0. The Morgan fingerprint density at radius 2 is 1.74 bits per heavy atom. The molecule has 0 saturated carbocycles. The highest BCUT2D eigenvalue weighted by atomic mass is 127. The molecule has 0 bridgehead atoms. The molecule has 0 spiro atoms. The van der Waals surface area contributed by atoms with Gasteiger partial charge in [-0.25, -0.2) is 0 Å². The largest absolute Gasteiger partial charge is 0.493 e. The van der Waals surface area contributed by atoms with E-state index in [0.29, 0.717) is 27.5 Å². The minimum atomic E-state index is -0.324. The van der Waals surface area contributed by atoms with Gasteiger partial charge in [-0.15, -0.1) is 0 Å². The van der Waals surface area contributed by atoms with Gasteiger partial charge in [0.15, 0.2) is 11.5 Å². The van der Waals surface area contributed by atoms with Gasteiger partial charge in [-0.3, -0.25) is 14.5 Å². The Morgan fingerprint density at radius 3 is 2.55 bits per heavy atom. The molecule has 8 heteroatoms. The van der Waals surface area contributed by atoms with Gasteiger partial charge in [-0.2, -0.15) is 5.26 Å². The molecule has 0 aliphatic carbocycles. The minimum absolute atomic E-state index is 0.209. The second-order valence-electron chi connectivity index (χ2n) is 8.50. The summed E-state index contributed by atoms with van der Waals surface area (Å²) in [5.41, 5.74) is 2.96. The molecule has 1 aliphatic rings. The number of nitrogens with zero attached hydrogens (tertiary/aromatic N) is 2. The highest BCUT2D eigenvalue weighted by molar-refractivity contribution is 14.1. The molecule has 2 amide bonds. The lowest BCUT2D eigenvalue weighted by molar-refractivity contribution is -0.123. The number of nitriles is 1. The Bertz CT molecular complexity index is 1640. The summed E-state index contributed by atoms with van der Waals surface area (Å²) < 4.78 is 12.4. The van der Waals surface area contributed by atoms with Crippen LogP contribution in [0.3, 0.4) is 0 Å². The number of methoxy groups -OCH3 is 1. The molecule has 1 saturated heterocycles. The molecule has 0 radical (unpaired) electrons. The average molecular weight is 632 g/mol. The maximum absolute atomic E-state index is 13.2. The standard InChI is InChI=1S/C30H21IN2O4S/c1-36-26-14-19(13-25(31)28(26)37-18-23-9-3-2-8-21(23)16-32)15-27-29(34)33(30(35)38-27)17-22-11-6-10-20-7-4-5-12-24(20)22/h2-15H,17-18H2,1H3/b27-15+. The number of hydrogen-bond acceptors (Lipinski definition) is 6. The van der Waals surface area contributed by atoms with Crippen molar-refractivity contribution < 1.29 is 19.1 Å². The van der Waals surface area contributed by atoms with Crippen molar-refractivity contribution in [3.63, 3.8) is 0 Å². The first-order chi connectivity index (χ1) is 18.5. The maximum atomic E-state index is 13.2. The van der Waals surface area contributed by atoms with Crippen molar-refractivity contribution in [2.24, 2.45) is 0 Å². The molecule has 0 unspecified atom stereocenters. The van der Waals surface area contributed by atoms with E-state index >= 15 is 0 Å². The van der Waals surface area contributed by atoms with Gasteiger partial charge in [0.1, 0.15) is 6.61 Å². The number of carbonyl (C=O) groups excluding carboxylic acids is 2. The Hall–Kier alpha value is -3.81. The molecule has 4 aromatic rings. The van der Waals surface area contributed by atoms with E-state index in [2.05, 4.69) is 28.7 Å². The summed E-state index contributed by atoms with van der Waals surface area (Å²) in [5, 5.41) is 11.1. The van der Waals surface area contributed by atoms with E-state index < -0.39 is 0 Å². The van der Waals surface area contributed by atoms with E-state index in [-0.39, 0.29) is 24.3 Å². The second kappa shape index (κ2) is 11.3. The fraction of sp³-hybridized carbons (Fsp3) is 0.100. The van der Waals surface area contributed by atoms with Crippen LogP contribution in [-0.2, 0) is 17.9 Å². The number of benzene rings is 4. The quantitative estimate of drug-likeness (QED) is 0.159. The summed E-state index contributed by atoms with van der Waals surface area (Å²) in [4.78, 5) is 27.7. The topological polar surface area (TPSA) is 79.6 Å². The molecule has 0 atom stereocenters. The zero-order chi connectivity index (χ0) is 26.6. The van der Waals surface area contributed by atoms with Crippen LogP contribution < -0.4 is 9.47 Å². The number of thioether (sulfide) groups is 1. The van der Waals surface area contributed by atoms with Crippen molar-refractivity contribution in [1.29, 1.82) is 5.26 Å². The number of ether oxygens (including phenoxy) is 2. The third-order valence-corrected chi connectivity index (χ3v) is 7.85. The van der Waals surface area contributed by atoms with Gasteiger partial charge in [0, 0.05) is 5.56 Å².